The van der Waals surface area contributed by atoms with Crippen molar-refractivity contribution in [1.29, 1.82) is 0 Å². The Morgan fingerprint density at radius 1 is 1.00 bits per heavy atom. The number of carboxylic acid groups (broad SMARTS) is 1. The van der Waals surface area contributed by atoms with Gasteiger partial charge in [-0.25, -0.2) is 4.79 Å². The molecule has 0 spiro atoms. The minimum absolute atomic E-state index is 0.0603. The normalized spacial score (nSPS) is 17.4. The molecule has 7 nitrogen and oxygen atoms in total. The van der Waals surface area contributed by atoms with Crippen LogP contribution in [0, 0.1) is 0 Å². The number of ether oxygens (including phenoxy) is 1. The highest BCUT2D eigenvalue weighted by molar-refractivity contribution is 5.90. The average Bonchev–Trinajstić information content (AvgIpc) is 3.11. The fraction of sp³-hybridized carbons (Fsp3) is 0.423. The maximum absolute atomic E-state index is 13.1. The summed E-state index contributed by atoms with van der Waals surface area (Å²) >= 11 is 0. The van der Waals surface area contributed by atoms with Crippen LogP contribution in [-0.2, 0) is 14.3 Å². The zero-order valence-corrected chi connectivity index (χ0v) is 18.8. The van der Waals surface area contributed by atoms with Gasteiger partial charge in [-0.2, -0.15) is 0 Å². The van der Waals surface area contributed by atoms with Gasteiger partial charge in [0.15, 0.2) is 0 Å². The van der Waals surface area contributed by atoms with E-state index in [1.54, 1.807) is 6.92 Å². The van der Waals surface area contributed by atoms with Gasteiger partial charge in [-0.3, -0.25) is 9.59 Å². The summed E-state index contributed by atoms with van der Waals surface area (Å²) < 4.78 is 5.66. The van der Waals surface area contributed by atoms with E-state index in [9.17, 15) is 14.4 Å². The van der Waals surface area contributed by atoms with E-state index in [1.165, 1.54) is 0 Å². The number of hydrogen-bond acceptors (Lipinski definition) is 4. The van der Waals surface area contributed by atoms with Crippen molar-refractivity contribution < 1.29 is 24.2 Å². The lowest BCUT2D eigenvalue weighted by Gasteiger charge is -2.37. The Bertz CT molecular complexity index is 999. The molecule has 174 valence electrons. The van der Waals surface area contributed by atoms with Crippen molar-refractivity contribution in [2.75, 3.05) is 6.61 Å². The summed E-state index contributed by atoms with van der Waals surface area (Å²) in [5, 5.41) is 14.6. The highest BCUT2D eigenvalue weighted by Gasteiger charge is 2.42. The number of nitrogens with one attached hydrogen (secondary N) is 2. The van der Waals surface area contributed by atoms with Gasteiger partial charge in [0.1, 0.15) is 12.1 Å². The first-order chi connectivity index (χ1) is 15.9. The quantitative estimate of drug-likeness (QED) is 0.586. The molecule has 3 N–H and O–H groups in total. The minimum atomic E-state index is -1.08. The molecule has 2 aromatic carbocycles. The van der Waals surface area contributed by atoms with Gasteiger partial charge >= 0.3 is 12.1 Å². The molecule has 0 saturated heterocycles. The maximum Gasteiger partial charge on any atom is 0.408 e. The van der Waals surface area contributed by atoms with Crippen LogP contribution in [0.15, 0.2) is 48.5 Å². The number of aliphatic carboxylic acids is 1. The predicted octanol–water partition coefficient (Wildman–Crippen LogP) is 4.21. The van der Waals surface area contributed by atoms with Crippen molar-refractivity contribution in [3.8, 4) is 11.1 Å². The number of rotatable bonds is 7. The molecule has 1 fully saturated rings. The number of carboxylic acids is 1. The second-order valence-corrected chi connectivity index (χ2v) is 9.07. The highest BCUT2D eigenvalue weighted by Crippen LogP contribution is 2.44. The Morgan fingerprint density at radius 2 is 1.58 bits per heavy atom. The fourth-order valence-electron chi connectivity index (χ4n) is 5.07. The molecule has 1 saturated carbocycles. The smallest absolute Gasteiger partial charge is 0.408 e. The molecule has 2 amide bonds. The van der Waals surface area contributed by atoms with Crippen molar-refractivity contribution in [2.45, 2.75) is 62.9 Å². The third kappa shape index (κ3) is 4.87. The Morgan fingerprint density at radius 3 is 2.15 bits per heavy atom. The van der Waals surface area contributed by atoms with E-state index in [4.69, 9.17) is 9.84 Å². The van der Waals surface area contributed by atoms with Gasteiger partial charge in [0, 0.05) is 12.0 Å². The van der Waals surface area contributed by atoms with E-state index in [2.05, 4.69) is 34.9 Å². The lowest BCUT2D eigenvalue weighted by molar-refractivity contribution is -0.138. The second-order valence-electron chi connectivity index (χ2n) is 9.07. The van der Waals surface area contributed by atoms with E-state index in [0.717, 1.165) is 41.5 Å². The third-order valence-corrected chi connectivity index (χ3v) is 6.69. The first kappa shape index (κ1) is 22.8. The molecular weight excluding hydrogens is 420 g/mol. The Labute approximate surface area is 193 Å². The largest absolute Gasteiger partial charge is 0.481 e. The number of benzene rings is 2. The molecule has 2 aliphatic carbocycles. The number of hydrogen-bond donors (Lipinski definition) is 3. The first-order valence-corrected chi connectivity index (χ1v) is 11.6. The molecule has 1 atom stereocenters. The summed E-state index contributed by atoms with van der Waals surface area (Å²) in [7, 11) is 0. The standard InChI is InChI=1S/C26H30N2O5/c1-17(15-23(29)30)27-24(31)26(13-7-2-8-14-26)28-25(32)33-16-22-20-11-5-3-9-18(20)19-10-4-6-12-21(19)22/h3-6,9-12,17,22H,2,7-8,13-16H2,1H3,(H,27,31)(H,28,32)(H,29,30)/t17-/m0/s1. The third-order valence-electron chi connectivity index (χ3n) is 6.69. The Hall–Kier alpha value is -3.35. The second kappa shape index (κ2) is 9.65. The van der Waals surface area contributed by atoms with Crippen molar-refractivity contribution >= 4 is 18.0 Å². The lowest BCUT2D eigenvalue weighted by Crippen LogP contribution is -2.61. The van der Waals surface area contributed by atoms with E-state index in [-0.39, 0.29) is 24.9 Å². The van der Waals surface area contributed by atoms with Gasteiger partial charge in [-0.15, -0.1) is 0 Å². The number of carbonyl (C=O) groups excluding carboxylic acids is 2. The van der Waals surface area contributed by atoms with Crippen molar-refractivity contribution in [1.82, 2.24) is 10.6 Å². The van der Waals surface area contributed by atoms with Gasteiger partial charge in [-0.1, -0.05) is 67.8 Å². The molecular formula is C26H30N2O5. The van der Waals surface area contributed by atoms with Gasteiger partial charge in [0.25, 0.3) is 0 Å². The van der Waals surface area contributed by atoms with Crippen LogP contribution in [0.5, 0.6) is 0 Å². The highest BCUT2D eigenvalue weighted by atomic mass is 16.5. The van der Waals surface area contributed by atoms with Crippen molar-refractivity contribution in [3.63, 3.8) is 0 Å². The molecule has 4 rings (SSSR count). The summed E-state index contributed by atoms with van der Waals surface area (Å²) in [6, 6.07) is 15.7. The lowest BCUT2D eigenvalue weighted by atomic mass is 9.80. The van der Waals surface area contributed by atoms with Gasteiger partial charge < -0.3 is 20.5 Å². The molecule has 0 unspecified atom stereocenters. The molecule has 0 bridgehead atoms. The van der Waals surface area contributed by atoms with Crippen LogP contribution in [0.4, 0.5) is 4.79 Å². The van der Waals surface area contributed by atoms with Crippen LogP contribution in [0.3, 0.4) is 0 Å². The number of carbonyl (C=O) groups is 3. The van der Waals surface area contributed by atoms with E-state index in [0.29, 0.717) is 12.8 Å². The topological polar surface area (TPSA) is 105 Å². The van der Waals surface area contributed by atoms with E-state index < -0.39 is 23.6 Å². The Kier molecular flexibility index (Phi) is 6.67. The summed E-state index contributed by atoms with van der Waals surface area (Å²) in [6.07, 6.45) is 2.82. The van der Waals surface area contributed by atoms with Gasteiger partial charge in [0.2, 0.25) is 5.91 Å². The SMILES string of the molecule is C[C@@H](CC(=O)O)NC(=O)C1(NC(=O)OCC2c3ccccc3-c3ccccc32)CCCCC1. The van der Waals surface area contributed by atoms with Crippen molar-refractivity contribution in [2.24, 2.45) is 0 Å². The van der Waals surface area contributed by atoms with Crippen molar-refractivity contribution in [3.05, 3.63) is 59.7 Å². The predicted molar refractivity (Wildman–Crippen MR) is 124 cm³/mol. The molecule has 0 aromatic heterocycles. The van der Waals surface area contributed by atoms with Gasteiger partial charge in [0.05, 0.1) is 6.42 Å². The van der Waals surface area contributed by atoms with Crippen LogP contribution in [0.1, 0.15) is 62.5 Å². The molecule has 33 heavy (non-hydrogen) atoms. The summed E-state index contributed by atoms with van der Waals surface area (Å²) in [5.41, 5.74) is 3.47. The average molecular weight is 451 g/mol. The fourth-order valence-corrected chi connectivity index (χ4v) is 5.07. The molecule has 2 aromatic rings. The molecule has 0 heterocycles. The summed E-state index contributed by atoms with van der Waals surface area (Å²) in [4.78, 5) is 36.9. The monoisotopic (exact) mass is 450 g/mol. The van der Waals surface area contributed by atoms with Crippen LogP contribution in [-0.4, -0.2) is 41.3 Å². The number of fused-ring (bicyclic) bond motifs is 3. The molecule has 7 heteroatoms. The number of amides is 2. The first-order valence-electron chi connectivity index (χ1n) is 11.6. The maximum atomic E-state index is 13.1. The van der Waals surface area contributed by atoms with Gasteiger partial charge in [-0.05, 0) is 42.0 Å². The van der Waals surface area contributed by atoms with Crippen LogP contribution < -0.4 is 10.6 Å². The summed E-state index contributed by atoms with van der Waals surface area (Å²) in [5.74, 6) is -1.38. The zero-order valence-electron chi connectivity index (χ0n) is 18.8. The minimum Gasteiger partial charge on any atom is -0.481 e. The van der Waals surface area contributed by atoms with E-state index in [1.807, 2.05) is 24.3 Å². The van der Waals surface area contributed by atoms with Crippen LogP contribution in [0.25, 0.3) is 11.1 Å². The van der Waals surface area contributed by atoms with Crippen LogP contribution >= 0.6 is 0 Å². The zero-order chi connectivity index (χ0) is 23.4. The molecule has 2 aliphatic rings. The Balaban J connectivity index is 1.44. The summed E-state index contributed by atoms with van der Waals surface area (Å²) in [6.45, 7) is 1.82. The van der Waals surface area contributed by atoms with E-state index >= 15 is 0 Å². The number of alkyl carbamates (subject to hydrolysis) is 1. The van der Waals surface area contributed by atoms with Crippen LogP contribution in [0.2, 0.25) is 0 Å². The molecule has 0 aliphatic heterocycles. The molecule has 0 radical (unpaired) electrons.